The van der Waals surface area contributed by atoms with Gasteiger partial charge in [-0.2, -0.15) is 0 Å². The van der Waals surface area contributed by atoms with Crippen LogP contribution in [0.4, 0.5) is 0 Å². The molecule has 0 aliphatic carbocycles. The van der Waals surface area contributed by atoms with Crippen molar-refractivity contribution in [2.45, 2.75) is 17.9 Å². The van der Waals surface area contributed by atoms with Gasteiger partial charge in [0.2, 0.25) is 0 Å². The van der Waals surface area contributed by atoms with Gasteiger partial charge in [-0.25, -0.2) is 0 Å². The number of carbonyl (C=O) groups is 1. The smallest absolute Gasteiger partial charge is 0.253 e. The quantitative estimate of drug-likeness (QED) is 0.839. The highest BCUT2D eigenvalue weighted by molar-refractivity contribution is 7.98. The number of benzene rings is 1. The fraction of sp³-hybridized carbons (Fsp3) is 0.364. The van der Waals surface area contributed by atoms with Gasteiger partial charge in [0, 0.05) is 17.5 Å². The summed E-state index contributed by atoms with van der Waals surface area (Å²) in [5, 5.41) is 3.65. The molecule has 0 saturated carbocycles. The van der Waals surface area contributed by atoms with Crippen molar-refractivity contribution in [3.05, 3.63) is 27.7 Å². The third kappa shape index (κ3) is 3.78. The van der Waals surface area contributed by atoms with E-state index in [-0.39, 0.29) is 11.9 Å². The van der Waals surface area contributed by atoms with Crippen LogP contribution in [0.3, 0.4) is 0 Å². The number of amides is 1. The molecule has 1 amide bonds. The van der Waals surface area contributed by atoms with Crippen molar-refractivity contribution < 1.29 is 4.79 Å². The van der Waals surface area contributed by atoms with Gasteiger partial charge in [0.1, 0.15) is 0 Å². The first kappa shape index (κ1) is 14.6. The second kappa shape index (κ2) is 6.50. The van der Waals surface area contributed by atoms with Gasteiger partial charge in [-0.3, -0.25) is 4.79 Å². The molecule has 0 radical (unpaired) electrons. The summed E-state index contributed by atoms with van der Waals surface area (Å²) in [5.41, 5.74) is 5.86. The topological polar surface area (TPSA) is 55.1 Å². The molecule has 3 N–H and O–H groups in total. The predicted octanol–water partition coefficient (Wildman–Crippen LogP) is 2.79. The summed E-state index contributed by atoms with van der Waals surface area (Å²) in [6, 6.07) is 3.18. The molecule has 1 aromatic rings. The molecular weight excluding hydrogens is 279 g/mol. The van der Waals surface area contributed by atoms with Gasteiger partial charge in [-0.1, -0.05) is 23.2 Å². The molecule has 0 bridgehead atoms. The minimum absolute atomic E-state index is 0.0908. The third-order valence-electron chi connectivity index (χ3n) is 2.22. The zero-order valence-corrected chi connectivity index (χ0v) is 11.9. The molecule has 1 atom stereocenters. The Morgan fingerprint density at radius 1 is 1.47 bits per heavy atom. The van der Waals surface area contributed by atoms with Crippen molar-refractivity contribution in [2.75, 3.05) is 12.8 Å². The van der Waals surface area contributed by atoms with Crippen LogP contribution in [0.1, 0.15) is 17.3 Å². The monoisotopic (exact) mass is 292 g/mol. The Balaban J connectivity index is 3.01. The summed E-state index contributed by atoms with van der Waals surface area (Å²) >= 11 is 13.4. The molecule has 1 aromatic carbocycles. The van der Waals surface area contributed by atoms with Crippen LogP contribution in [0.5, 0.6) is 0 Å². The Kier molecular flexibility index (Phi) is 5.59. The summed E-state index contributed by atoms with van der Waals surface area (Å²) < 4.78 is 0. The van der Waals surface area contributed by atoms with Crippen LogP contribution < -0.4 is 11.1 Å². The summed E-state index contributed by atoms with van der Waals surface area (Å²) in [6.45, 7) is 2.21. The van der Waals surface area contributed by atoms with Crippen LogP contribution in [0.15, 0.2) is 17.0 Å². The molecule has 0 fully saturated rings. The van der Waals surface area contributed by atoms with Gasteiger partial charge < -0.3 is 11.1 Å². The van der Waals surface area contributed by atoms with Crippen LogP contribution >= 0.6 is 35.0 Å². The molecule has 0 aliphatic heterocycles. The molecule has 0 heterocycles. The molecule has 1 rings (SSSR count). The van der Waals surface area contributed by atoms with Gasteiger partial charge in [-0.05, 0) is 25.3 Å². The normalized spacial score (nSPS) is 12.3. The lowest BCUT2D eigenvalue weighted by Crippen LogP contribution is -2.37. The average Bonchev–Trinajstić information content (AvgIpc) is 2.28. The van der Waals surface area contributed by atoms with E-state index in [4.69, 9.17) is 28.9 Å². The first-order valence-corrected chi connectivity index (χ1v) is 7.01. The second-order valence-corrected chi connectivity index (χ2v) is 5.24. The van der Waals surface area contributed by atoms with Crippen molar-refractivity contribution in [3.63, 3.8) is 0 Å². The maximum Gasteiger partial charge on any atom is 0.253 e. The van der Waals surface area contributed by atoms with Crippen LogP contribution in [-0.2, 0) is 0 Å². The molecule has 0 aromatic heterocycles. The van der Waals surface area contributed by atoms with Crippen molar-refractivity contribution in [2.24, 2.45) is 5.73 Å². The minimum atomic E-state index is -0.236. The van der Waals surface area contributed by atoms with Gasteiger partial charge in [0.25, 0.3) is 5.91 Å². The largest absolute Gasteiger partial charge is 0.348 e. The van der Waals surface area contributed by atoms with Crippen LogP contribution in [0.2, 0.25) is 10.0 Å². The number of nitrogens with one attached hydrogen (secondary N) is 1. The van der Waals surface area contributed by atoms with Gasteiger partial charge in [0.15, 0.2) is 0 Å². The average molecular weight is 293 g/mol. The molecule has 94 valence electrons. The Hall–Kier alpha value is -0.420. The highest BCUT2D eigenvalue weighted by Crippen LogP contribution is 2.31. The second-order valence-electron chi connectivity index (χ2n) is 3.58. The summed E-state index contributed by atoms with van der Waals surface area (Å²) in [5.74, 6) is -0.236. The van der Waals surface area contributed by atoms with Gasteiger partial charge >= 0.3 is 0 Å². The Bertz CT molecular complexity index is 426. The number of nitrogens with two attached hydrogens (primary N) is 1. The number of carbonyl (C=O) groups excluding carboxylic acids is 1. The Morgan fingerprint density at radius 3 is 2.65 bits per heavy atom. The number of hydrogen-bond acceptors (Lipinski definition) is 3. The van der Waals surface area contributed by atoms with Crippen LogP contribution in [0.25, 0.3) is 0 Å². The molecule has 3 nitrogen and oxygen atoms in total. The molecule has 0 spiro atoms. The molecular formula is C11H14Cl2N2OS. The van der Waals surface area contributed by atoms with Crippen molar-refractivity contribution in [1.29, 1.82) is 0 Å². The third-order valence-corrected chi connectivity index (χ3v) is 3.73. The number of hydrogen-bond donors (Lipinski definition) is 2. The maximum atomic E-state index is 11.9. The maximum absolute atomic E-state index is 11.9. The van der Waals surface area contributed by atoms with E-state index in [1.807, 2.05) is 13.2 Å². The standard InChI is InChI=1S/C11H14Cl2N2OS/c1-6(5-14)15-11(16)7-3-10(17-2)9(13)4-8(7)12/h3-4,6H,5,14H2,1-2H3,(H,15,16)/t6-/m0/s1. The predicted molar refractivity (Wildman–Crippen MR) is 74.2 cm³/mol. The first-order chi connectivity index (χ1) is 7.99. The molecule has 0 unspecified atom stereocenters. The summed E-state index contributed by atoms with van der Waals surface area (Å²) in [7, 11) is 0. The van der Waals surface area contributed by atoms with E-state index in [0.717, 1.165) is 4.90 Å². The lowest BCUT2D eigenvalue weighted by molar-refractivity contribution is 0.0941. The molecule has 17 heavy (non-hydrogen) atoms. The number of rotatable bonds is 4. The highest BCUT2D eigenvalue weighted by Gasteiger charge is 2.15. The molecule has 0 saturated heterocycles. The number of thioether (sulfide) groups is 1. The number of halogens is 2. The fourth-order valence-corrected chi connectivity index (χ4v) is 2.41. The van der Waals surface area contributed by atoms with E-state index in [2.05, 4.69) is 5.32 Å². The van der Waals surface area contributed by atoms with E-state index in [1.54, 1.807) is 12.1 Å². The molecule has 6 heteroatoms. The van der Waals surface area contributed by atoms with Crippen LogP contribution in [-0.4, -0.2) is 24.7 Å². The summed E-state index contributed by atoms with van der Waals surface area (Å²) in [6.07, 6.45) is 1.89. The minimum Gasteiger partial charge on any atom is -0.348 e. The SMILES string of the molecule is CSc1cc(C(=O)N[C@@H](C)CN)c(Cl)cc1Cl. The van der Waals surface area contributed by atoms with E-state index < -0.39 is 0 Å². The van der Waals surface area contributed by atoms with E-state index in [0.29, 0.717) is 22.2 Å². The summed E-state index contributed by atoms with van der Waals surface area (Å²) in [4.78, 5) is 12.7. The van der Waals surface area contributed by atoms with Crippen molar-refractivity contribution in [1.82, 2.24) is 5.32 Å². The van der Waals surface area contributed by atoms with Crippen LogP contribution in [0, 0.1) is 0 Å². The van der Waals surface area contributed by atoms with E-state index in [1.165, 1.54) is 11.8 Å². The Morgan fingerprint density at radius 2 is 2.12 bits per heavy atom. The molecule has 0 aliphatic rings. The Labute approximate surface area is 115 Å². The first-order valence-electron chi connectivity index (χ1n) is 5.03. The van der Waals surface area contributed by atoms with Gasteiger partial charge in [0.05, 0.1) is 15.6 Å². The van der Waals surface area contributed by atoms with E-state index >= 15 is 0 Å². The van der Waals surface area contributed by atoms with Crippen molar-refractivity contribution in [3.8, 4) is 0 Å². The lowest BCUT2D eigenvalue weighted by Gasteiger charge is -2.13. The zero-order valence-electron chi connectivity index (χ0n) is 9.59. The lowest BCUT2D eigenvalue weighted by atomic mass is 10.2. The zero-order chi connectivity index (χ0) is 13.0. The van der Waals surface area contributed by atoms with Gasteiger partial charge in [-0.15, -0.1) is 11.8 Å². The fourth-order valence-electron chi connectivity index (χ4n) is 1.22. The van der Waals surface area contributed by atoms with E-state index in [9.17, 15) is 4.79 Å². The highest BCUT2D eigenvalue weighted by atomic mass is 35.5. The van der Waals surface area contributed by atoms with Crippen molar-refractivity contribution >= 4 is 40.9 Å².